The summed E-state index contributed by atoms with van der Waals surface area (Å²) in [6.45, 7) is 1.98. The van der Waals surface area contributed by atoms with Crippen LogP contribution in [0.15, 0.2) is 42.5 Å². The van der Waals surface area contributed by atoms with Crippen LogP contribution in [0.4, 0.5) is 11.4 Å². The lowest BCUT2D eigenvalue weighted by molar-refractivity contribution is -0.124. The van der Waals surface area contributed by atoms with Crippen molar-refractivity contribution in [3.63, 3.8) is 0 Å². The summed E-state index contributed by atoms with van der Waals surface area (Å²) in [6.07, 6.45) is 0.406. The summed E-state index contributed by atoms with van der Waals surface area (Å²) in [5.41, 5.74) is 3.35. The van der Waals surface area contributed by atoms with Gasteiger partial charge in [0.2, 0.25) is 10.8 Å². The van der Waals surface area contributed by atoms with Crippen LogP contribution in [0.5, 0.6) is 0 Å². The molecule has 1 atom stereocenters. The maximum Gasteiger partial charge on any atom is 0.266 e. The number of fused-ring (bicyclic) bond motifs is 2. The zero-order valence-electron chi connectivity index (χ0n) is 13.0. The zero-order chi connectivity index (χ0) is 16.9. The van der Waals surface area contributed by atoms with Gasteiger partial charge in [-0.05, 0) is 37.3 Å². The second-order valence-electron chi connectivity index (χ2n) is 5.95. The Bertz CT molecular complexity index is 853. The predicted molar refractivity (Wildman–Crippen MR) is 97.5 cm³/mol. The van der Waals surface area contributed by atoms with Gasteiger partial charge in [0.25, 0.3) is 5.91 Å². The van der Waals surface area contributed by atoms with E-state index in [4.69, 9.17) is 11.6 Å². The predicted octanol–water partition coefficient (Wildman–Crippen LogP) is 3.92. The molecule has 1 fully saturated rings. The molecule has 0 radical (unpaired) electrons. The summed E-state index contributed by atoms with van der Waals surface area (Å²) in [6, 6.07) is 12.9. The lowest BCUT2D eigenvalue weighted by Gasteiger charge is -2.42. The van der Waals surface area contributed by atoms with Gasteiger partial charge in [-0.2, -0.15) is 0 Å². The van der Waals surface area contributed by atoms with Gasteiger partial charge < -0.3 is 5.32 Å². The van der Waals surface area contributed by atoms with Crippen LogP contribution in [0.2, 0.25) is 5.02 Å². The number of anilines is 2. The molecule has 0 saturated carbocycles. The van der Waals surface area contributed by atoms with E-state index in [1.54, 1.807) is 29.2 Å². The van der Waals surface area contributed by atoms with E-state index in [-0.39, 0.29) is 11.8 Å². The van der Waals surface area contributed by atoms with Crippen molar-refractivity contribution in [1.82, 2.24) is 0 Å². The third-order valence-corrected chi connectivity index (χ3v) is 6.04. The van der Waals surface area contributed by atoms with Gasteiger partial charge in [0.1, 0.15) is 0 Å². The van der Waals surface area contributed by atoms with Gasteiger partial charge in [-0.25, -0.2) is 0 Å². The molecule has 1 N–H and O–H groups in total. The Kier molecular flexibility index (Phi) is 3.58. The van der Waals surface area contributed by atoms with Crippen molar-refractivity contribution in [1.29, 1.82) is 0 Å². The molecule has 6 heteroatoms. The molecule has 2 amide bonds. The average molecular weight is 359 g/mol. The fourth-order valence-electron chi connectivity index (χ4n) is 3.30. The van der Waals surface area contributed by atoms with E-state index in [1.807, 2.05) is 25.1 Å². The first kappa shape index (κ1) is 15.5. The fourth-order valence-corrected chi connectivity index (χ4v) is 4.84. The van der Waals surface area contributed by atoms with Crippen molar-refractivity contribution in [2.75, 3.05) is 16.0 Å². The fraction of sp³-hybridized carbons (Fsp3) is 0.222. The van der Waals surface area contributed by atoms with Crippen LogP contribution < -0.4 is 10.2 Å². The van der Waals surface area contributed by atoms with Gasteiger partial charge in [-0.15, -0.1) is 11.8 Å². The molecule has 2 aliphatic heterocycles. The number of nitrogens with zero attached hydrogens (tertiary/aromatic N) is 1. The Morgan fingerprint density at radius 1 is 1.17 bits per heavy atom. The number of hydrogen-bond acceptors (Lipinski definition) is 3. The Balaban J connectivity index is 1.94. The van der Waals surface area contributed by atoms with Gasteiger partial charge in [0, 0.05) is 34.1 Å². The Morgan fingerprint density at radius 2 is 1.92 bits per heavy atom. The average Bonchev–Trinajstić information content (AvgIpc) is 2.82. The highest BCUT2D eigenvalue weighted by atomic mass is 35.5. The van der Waals surface area contributed by atoms with Crippen LogP contribution in [-0.4, -0.2) is 17.6 Å². The van der Waals surface area contributed by atoms with Crippen molar-refractivity contribution >= 4 is 46.6 Å². The molecule has 4 nitrogen and oxygen atoms in total. The molecule has 1 saturated heterocycles. The van der Waals surface area contributed by atoms with E-state index in [9.17, 15) is 9.59 Å². The first-order valence-electron chi connectivity index (χ1n) is 7.67. The van der Waals surface area contributed by atoms with Crippen LogP contribution in [-0.2, 0) is 14.5 Å². The maximum atomic E-state index is 13.0. The molecule has 24 heavy (non-hydrogen) atoms. The van der Waals surface area contributed by atoms with Crippen molar-refractivity contribution in [3.05, 3.63) is 58.6 Å². The number of nitrogens with one attached hydrogen (secondary N) is 1. The van der Waals surface area contributed by atoms with Crippen molar-refractivity contribution in [3.8, 4) is 0 Å². The van der Waals surface area contributed by atoms with Crippen molar-refractivity contribution in [2.24, 2.45) is 0 Å². The van der Waals surface area contributed by atoms with Crippen molar-refractivity contribution in [2.45, 2.75) is 18.2 Å². The van der Waals surface area contributed by atoms with Crippen LogP contribution in [0, 0.1) is 6.92 Å². The molecule has 0 aliphatic carbocycles. The number of aryl methyl sites for hydroxylation is 1. The Hall–Kier alpha value is -1.98. The van der Waals surface area contributed by atoms with E-state index >= 15 is 0 Å². The molecule has 0 bridgehead atoms. The number of benzene rings is 2. The summed E-state index contributed by atoms with van der Waals surface area (Å²) in [5.74, 6) is 0.390. The molecule has 4 rings (SSSR count). The van der Waals surface area contributed by atoms with Crippen LogP contribution >= 0.6 is 23.4 Å². The first-order valence-corrected chi connectivity index (χ1v) is 9.04. The minimum Gasteiger partial charge on any atom is -0.323 e. The summed E-state index contributed by atoms with van der Waals surface area (Å²) in [4.78, 5) is 26.3. The molecule has 1 spiro atoms. The second kappa shape index (κ2) is 5.53. The number of rotatable bonds is 1. The van der Waals surface area contributed by atoms with E-state index in [2.05, 4.69) is 5.32 Å². The lowest BCUT2D eigenvalue weighted by Crippen LogP contribution is -2.54. The molecule has 2 heterocycles. The monoisotopic (exact) mass is 358 g/mol. The lowest BCUT2D eigenvalue weighted by atomic mass is 10.0. The molecular weight excluding hydrogens is 344 g/mol. The minimum absolute atomic E-state index is 0.0550. The smallest absolute Gasteiger partial charge is 0.266 e. The third-order valence-electron chi connectivity index (χ3n) is 4.37. The quantitative estimate of drug-likeness (QED) is 0.840. The summed E-state index contributed by atoms with van der Waals surface area (Å²) in [7, 11) is 0. The number of carbonyl (C=O) groups is 2. The van der Waals surface area contributed by atoms with Gasteiger partial charge in [0.15, 0.2) is 0 Å². The van der Waals surface area contributed by atoms with Gasteiger partial charge >= 0.3 is 0 Å². The standard InChI is InChI=1S/C18H15ClN2O2S/c1-11-2-7-15-14(10-11)18(17(23)20-15)21(16(22)8-9-24-18)13-5-3-12(19)4-6-13/h2-7,10H,8-9H2,1H3,(H,20,23)/t18-/m0/s1. The Labute approximate surface area is 149 Å². The van der Waals surface area contributed by atoms with E-state index in [1.165, 1.54) is 11.8 Å². The summed E-state index contributed by atoms with van der Waals surface area (Å²) >= 11 is 7.48. The minimum atomic E-state index is -1.05. The van der Waals surface area contributed by atoms with Gasteiger partial charge in [-0.1, -0.05) is 29.3 Å². The number of carbonyl (C=O) groups excluding carboxylic acids is 2. The van der Waals surface area contributed by atoms with Crippen LogP contribution in [0.1, 0.15) is 17.5 Å². The van der Waals surface area contributed by atoms with Gasteiger partial charge in [0.05, 0.1) is 0 Å². The van der Waals surface area contributed by atoms with Crippen LogP contribution in [0.3, 0.4) is 0 Å². The molecule has 2 aliphatic rings. The van der Waals surface area contributed by atoms with Crippen LogP contribution in [0.25, 0.3) is 0 Å². The highest BCUT2D eigenvalue weighted by Crippen LogP contribution is 2.52. The molecule has 2 aromatic carbocycles. The molecule has 0 aromatic heterocycles. The largest absolute Gasteiger partial charge is 0.323 e. The highest BCUT2D eigenvalue weighted by Gasteiger charge is 2.56. The SMILES string of the molecule is Cc1ccc2c(c1)[C@]1(SCCC(=O)N1c1ccc(Cl)cc1)C(=O)N2. The number of thioether (sulfide) groups is 1. The van der Waals surface area contributed by atoms with E-state index in [0.29, 0.717) is 22.9 Å². The van der Waals surface area contributed by atoms with E-state index in [0.717, 1.165) is 16.8 Å². The normalized spacial score (nSPS) is 22.7. The topological polar surface area (TPSA) is 49.4 Å². The first-order chi connectivity index (χ1) is 11.5. The molecular formula is C18H15ClN2O2S. The van der Waals surface area contributed by atoms with E-state index < -0.39 is 4.87 Å². The maximum absolute atomic E-state index is 13.0. The summed E-state index contributed by atoms with van der Waals surface area (Å²) < 4.78 is 0. The van der Waals surface area contributed by atoms with Gasteiger partial charge in [-0.3, -0.25) is 14.5 Å². The molecule has 0 unspecified atom stereocenters. The zero-order valence-corrected chi connectivity index (χ0v) is 14.6. The van der Waals surface area contributed by atoms with Crippen molar-refractivity contribution < 1.29 is 9.59 Å². The number of hydrogen-bond donors (Lipinski definition) is 1. The third kappa shape index (κ3) is 2.15. The molecule has 122 valence electrons. The summed E-state index contributed by atoms with van der Waals surface area (Å²) in [5, 5.41) is 3.53. The Morgan fingerprint density at radius 3 is 2.67 bits per heavy atom. The number of halogens is 1. The number of amides is 2. The molecule has 2 aromatic rings. The highest BCUT2D eigenvalue weighted by molar-refractivity contribution is 8.01. The second-order valence-corrected chi connectivity index (χ2v) is 7.68.